The van der Waals surface area contributed by atoms with Crippen LogP contribution in [0.3, 0.4) is 0 Å². The number of hydrogen-bond donors (Lipinski definition) is 0. The van der Waals surface area contributed by atoms with Gasteiger partial charge in [0.25, 0.3) is 0 Å². The van der Waals surface area contributed by atoms with Gasteiger partial charge >= 0.3 is 0 Å². The summed E-state index contributed by atoms with van der Waals surface area (Å²) in [4.78, 5) is 2.65. The van der Waals surface area contributed by atoms with Crippen LogP contribution in [-0.4, -0.2) is 34.3 Å². The Hall–Kier alpha value is -2.39. The summed E-state index contributed by atoms with van der Waals surface area (Å²) >= 11 is 5.93. The molecule has 1 heterocycles. The van der Waals surface area contributed by atoms with Gasteiger partial charge in [-0.1, -0.05) is 16.7 Å². The second-order valence-corrected chi connectivity index (χ2v) is 10.5. The number of benzene rings is 2. The molecule has 2 aromatic carbocycles. The Bertz CT molecular complexity index is 1170. The van der Waals surface area contributed by atoms with Crippen molar-refractivity contribution >= 4 is 21.4 Å². The van der Waals surface area contributed by atoms with E-state index in [4.69, 9.17) is 26.6 Å². The zero-order chi connectivity index (χ0) is 22.9. The number of azide groups is 1. The molecule has 7 nitrogen and oxygen atoms in total. The van der Waals surface area contributed by atoms with Gasteiger partial charge in [-0.2, -0.15) is 0 Å². The van der Waals surface area contributed by atoms with Gasteiger partial charge in [0.1, 0.15) is 10.6 Å². The lowest BCUT2D eigenvalue weighted by molar-refractivity contribution is -0.0121. The van der Waals surface area contributed by atoms with Crippen molar-refractivity contribution in [1.82, 2.24) is 0 Å². The maximum Gasteiger partial charge on any atom is 0.188 e. The molecule has 0 spiro atoms. The first-order chi connectivity index (χ1) is 15.3. The van der Waals surface area contributed by atoms with Crippen molar-refractivity contribution in [3.8, 4) is 5.75 Å². The predicted molar refractivity (Wildman–Crippen MR) is 113 cm³/mol. The van der Waals surface area contributed by atoms with Gasteiger partial charge in [-0.3, -0.25) is 0 Å². The summed E-state index contributed by atoms with van der Waals surface area (Å²) in [5.41, 5.74) is 8.13. The van der Waals surface area contributed by atoms with Crippen LogP contribution in [0.1, 0.15) is 24.8 Å². The largest absolute Gasteiger partial charge is 0.490 e. The maximum atomic E-state index is 15.2. The Morgan fingerprint density at radius 1 is 1.22 bits per heavy atom. The first-order valence-corrected chi connectivity index (χ1v) is 11.9. The zero-order valence-electron chi connectivity index (χ0n) is 16.9. The van der Waals surface area contributed by atoms with E-state index in [2.05, 4.69) is 10.0 Å². The van der Waals surface area contributed by atoms with Crippen molar-refractivity contribution in [2.45, 2.75) is 35.0 Å². The van der Waals surface area contributed by atoms with Gasteiger partial charge < -0.3 is 9.47 Å². The first kappa shape index (κ1) is 22.8. The van der Waals surface area contributed by atoms with E-state index in [0.29, 0.717) is 11.4 Å². The summed E-state index contributed by atoms with van der Waals surface area (Å²) < 4.78 is 67.3. The third kappa shape index (κ3) is 3.71. The molecule has 32 heavy (non-hydrogen) atoms. The summed E-state index contributed by atoms with van der Waals surface area (Å²) in [5, 5.41) is 3.78. The Kier molecular flexibility index (Phi) is 6.31. The minimum absolute atomic E-state index is 0.0194. The summed E-state index contributed by atoms with van der Waals surface area (Å²) in [7, 11) is -4.17. The van der Waals surface area contributed by atoms with E-state index in [1.165, 1.54) is 24.3 Å². The average molecular weight is 484 g/mol. The number of nitrogens with zero attached hydrogens (tertiary/aromatic N) is 3. The third-order valence-corrected chi connectivity index (χ3v) is 9.01. The molecule has 1 aliphatic heterocycles. The number of halogens is 3. The van der Waals surface area contributed by atoms with Crippen LogP contribution in [0.4, 0.5) is 8.78 Å². The van der Waals surface area contributed by atoms with E-state index in [1.54, 1.807) is 0 Å². The predicted octanol–water partition coefficient (Wildman–Crippen LogP) is 5.18. The molecule has 0 radical (unpaired) electrons. The van der Waals surface area contributed by atoms with Gasteiger partial charge in [0.2, 0.25) is 0 Å². The van der Waals surface area contributed by atoms with Crippen molar-refractivity contribution in [1.29, 1.82) is 0 Å². The van der Waals surface area contributed by atoms with Gasteiger partial charge in [-0.25, -0.2) is 17.2 Å². The lowest BCUT2D eigenvalue weighted by atomic mass is 9.72. The van der Waals surface area contributed by atoms with Crippen molar-refractivity contribution in [3.63, 3.8) is 0 Å². The van der Waals surface area contributed by atoms with E-state index in [1.807, 2.05) is 0 Å². The van der Waals surface area contributed by atoms with Gasteiger partial charge in [0, 0.05) is 22.4 Å². The molecule has 0 aromatic heterocycles. The van der Waals surface area contributed by atoms with Gasteiger partial charge in [0.05, 0.1) is 29.8 Å². The summed E-state index contributed by atoms with van der Waals surface area (Å²) in [6, 6.07) is 7.51. The Balaban J connectivity index is 1.81. The zero-order valence-corrected chi connectivity index (χ0v) is 18.5. The minimum atomic E-state index is -4.17. The number of ether oxygens (including phenoxy) is 2. The molecular weight excluding hydrogens is 464 g/mol. The minimum Gasteiger partial charge on any atom is -0.490 e. The van der Waals surface area contributed by atoms with Gasteiger partial charge in [-0.05, 0) is 61.2 Å². The summed E-state index contributed by atoms with van der Waals surface area (Å²) in [6.07, 6.45) is 0.253. The topological polar surface area (TPSA) is 101 Å². The maximum absolute atomic E-state index is 15.2. The van der Waals surface area contributed by atoms with Crippen LogP contribution in [0.5, 0.6) is 5.75 Å². The monoisotopic (exact) mass is 483 g/mol. The molecule has 2 aromatic rings. The highest BCUT2D eigenvalue weighted by Gasteiger charge is 2.59. The van der Waals surface area contributed by atoms with Crippen LogP contribution in [0, 0.1) is 17.6 Å². The molecule has 1 saturated carbocycles. The molecule has 3 atom stereocenters. The number of rotatable bonds is 6. The average Bonchev–Trinajstić information content (AvgIpc) is 2.78. The summed E-state index contributed by atoms with van der Waals surface area (Å²) in [6.45, 7) is 0.222. The van der Waals surface area contributed by atoms with Crippen LogP contribution in [0.15, 0.2) is 46.4 Å². The van der Waals surface area contributed by atoms with Crippen molar-refractivity contribution in [2.24, 2.45) is 11.0 Å². The van der Waals surface area contributed by atoms with Crippen LogP contribution in [0.2, 0.25) is 5.02 Å². The Labute approximate surface area is 188 Å². The van der Waals surface area contributed by atoms with E-state index >= 15 is 4.39 Å². The van der Waals surface area contributed by atoms with Gasteiger partial charge in [-0.15, -0.1) is 0 Å². The molecule has 1 fully saturated rings. The van der Waals surface area contributed by atoms with E-state index in [-0.39, 0.29) is 54.9 Å². The fraction of sp³-hybridized carbons (Fsp3) is 0.429. The second kappa shape index (κ2) is 8.86. The molecule has 0 bridgehead atoms. The smallest absolute Gasteiger partial charge is 0.188 e. The highest BCUT2D eigenvalue weighted by atomic mass is 35.5. The van der Waals surface area contributed by atoms with Crippen molar-refractivity contribution in [3.05, 3.63) is 69.1 Å². The molecule has 4 rings (SSSR count). The number of fused-ring (bicyclic) bond motifs is 3. The normalized spacial score (nSPS) is 24.6. The number of hydrogen-bond acceptors (Lipinski definition) is 5. The second-order valence-electron chi connectivity index (χ2n) is 7.81. The SMILES string of the molecule is [N-]=[N+]=NCCO[C@@H]1CC[C@@]2(S(=O)(=O)c3ccc(Cl)cc3)c3c(F)ccc(F)c3OC[C@H]2C1. The molecule has 11 heteroatoms. The van der Waals surface area contributed by atoms with Crippen LogP contribution in [0.25, 0.3) is 10.4 Å². The molecule has 0 amide bonds. The number of sulfone groups is 1. The molecule has 1 aliphatic carbocycles. The molecule has 2 aliphatic rings. The quantitative estimate of drug-likeness (QED) is 0.244. The first-order valence-electron chi connectivity index (χ1n) is 10.0. The van der Waals surface area contributed by atoms with Crippen molar-refractivity contribution < 1.29 is 26.7 Å². The summed E-state index contributed by atoms with van der Waals surface area (Å²) in [5.74, 6) is -2.67. The fourth-order valence-electron chi connectivity index (χ4n) is 4.76. The van der Waals surface area contributed by atoms with E-state index < -0.39 is 32.1 Å². The van der Waals surface area contributed by atoms with Crippen molar-refractivity contribution in [2.75, 3.05) is 19.8 Å². The fourth-order valence-corrected chi connectivity index (χ4v) is 7.25. The highest BCUT2D eigenvalue weighted by molar-refractivity contribution is 7.92. The highest BCUT2D eigenvalue weighted by Crippen LogP contribution is 2.56. The molecule has 0 saturated heterocycles. The standard InChI is InChI=1S/C21H20ClF2N3O4S/c22-14-1-3-16(4-2-14)32(28,29)21-8-7-15(30-10-9-26-27-25)11-13(21)12-31-20-18(24)6-5-17(23)19(20)21/h1-6,13,15H,7-12H2/t13-,15-,21+/m1/s1. The molecule has 0 N–H and O–H groups in total. The Morgan fingerprint density at radius 2 is 1.94 bits per heavy atom. The van der Waals surface area contributed by atoms with Crippen LogP contribution >= 0.6 is 11.6 Å². The van der Waals surface area contributed by atoms with E-state index in [9.17, 15) is 12.8 Å². The Morgan fingerprint density at radius 3 is 2.66 bits per heavy atom. The van der Waals surface area contributed by atoms with Crippen LogP contribution in [-0.2, 0) is 19.3 Å². The molecular formula is C21H20ClF2N3O4S. The van der Waals surface area contributed by atoms with Gasteiger partial charge in [0.15, 0.2) is 21.4 Å². The van der Waals surface area contributed by atoms with E-state index in [0.717, 1.165) is 12.1 Å². The lowest BCUT2D eigenvalue weighted by Gasteiger charge is -2.48. The lowest BCUT2D eigenvalue weighted by Crippen LogP contribution is -2.53. The van der Waals surface area contributed by atoms with Crippen LogP contribution < -0.4 is 4.74 Å². The third-order valence-electron chi connectivity index (χ3n) is 6.17. The molecule has 0 unspecified atom stereocenters. The molecule has 170 valence electrons.